The quantitative estimate of drug-likeness (QED) is 0.771. The number of para-hydroxylation sites is 1. The van der Waals surface area contributed by atoms with Crippen molar-refractivity contribution >= 4 is 5.91 Å². The maximum Gasteiger partial charge on any atom is 0.255 e. The summed E-state index contributed by atoms with van der Waals surface area (Å²) in [5.41, 5.74) is 1.79. The molecule has 0 aliphatic carbocycles. The first kappa shape index (κ1) is 19.0. The number of aliphatic hydroxyl groups excluding tert-OH is 1. The van der Waals surface area contributed by atoms with Gasteiger partial charge in [0.25, 0.3) is 5.91 Å². The van der Waals surface area contributed by atoms with Gasteiger partial charge in [-0.25, -0.2) is 0 Å². The average molecular weight is 345 g/mol. The molecule has 2 rings (SSSR count). The fourth-order valence-corrected chi connectivity index (χ4v) is 2.99. The van der Waals surface area contributed by atoms with Gasteiger partial charge in [0.2, 0.25) is 0 Å². The molecule has 0 radical (unpaired) electrons. The van der Waals surface area contributed by atoms with E-state index in [1.54, 1.807) is 25.0 Å². The zero-order valence-electron chi connectivity index (χ0n) is 15.3. The highest BCUT2D eigenvalue weighted by Gasteiger charge is 2.21. The summed E-state index contributed by atoms with van der Waals surface area (Å²) in [6, 6.07) is 7.46. The molecule has 1 aromatic heterocycles. The van der Waals surface area contributed by atoms with Crippen LogP contribution < -0.4 is 10.1 Å². The molecule has 0 saturated carbocycles. The number of aromatic nitrogens is 2. The van der Waals surface area contributed by atoms with Crippen molar-refractivity contribution in [3.8, 4) is 17.0 Å². The number of hydrogen-bond donors (Lipinski definition) is 2. The molecule has 1 aromatic carbocycles. The van der Waals surface area contributed by atoms with Crippen LogP contribution in [0.2, 0.25) is 0 Å². The van der Waals surface area contributed by atoms with Crippen LogP contribution >= 0.6 is 0 Å². The van der Waals surface area contributed by atoms with Crippen molar-refractivity contribution in [1.82, 2.24) is 15.1 Å². The molecule has 0 fully saturated rings. The second kappa shape index (κ2) is 8.67. The van der Waals surface area contributed by atoms with E-state index in [0.29, 0.717) is 17.0 Å². The lowest BCUT2D eigenvalue weighted by Gasteiger charge is -2.20. The normalized spacial score (nSPS) is 12.2. The third-order valence-corrected chi connectivity index (χ3v) is 4.50. The van der Waals surface area contributed by atoms with Crippen LogP contribution in [0.1, 0.15) is 37.0 Å². The Kier molecular flexibility index (Phi) is 6.58. The molecule has 0 spiro atoms. The van der Waals surface area contributed by atoms with Gasteiger partial charge in [-0.3, -0.25) is 9.48 Å². The van der Waals surface area contributed by atoms with Crippen LogP contribution in [0.25, 0.3) is 11.3 Å². The summed E-state index contributed by atoms with van der Waals surface area (Å²) in [5.74, 6) is 0.592. The first-order valence-electron chi connectivity index (χ1n) is 8.65. The van der Waals surface area contributed by atoms with Gasteiger partial charge < -0.3 is 15.2 Å². The first-order valence-corrected chi connectivity index (χ1v) is 8.65. The number of aryl methyl sites for hydroxylation is 1. The summed E-state index contributed by atoms with van der Waals surface area (Å²) in [7, 11) is 3.36. The minimum absolute atomic E-state index is 0.183. The van der Waals surface area contributed by atoms with E-state index in [0.717, 1.165) is 18.4 Å². The Balaban J connectivity index is 2.21. The maximum absolute atomic E-state index is 12.6. The van der Waals surface area contributed by atoms with E-state index in [1.165, 1.54) is 0 Å². The van der Waals surface area contributed by atoms with Crippen molar-refractivity contribution in [2.24, 2.45) is 13.0 Å². The summed E-state index contributed by atoms with van der Waals surface area (Å²) >= 11 is 0. The smallest absolute Gasteiger partial charge is 0.255 e. The first-order chi connectivity index (χ1) is 12.0. The molecule has 2 aromatic rings. The van der Waals surface area contributed by atoms with Crippen LogP contribution in [-0.4, -0.2) is 40.6 Å². The predicted molar refractivity (Wildman–Crippen MR) is 97.6 cm³/mol. The van der Waals surface area contributed by atoms with Crippen molar-refractivity contribution in [3.63, 3.8) is 0 Å². The second-order valence-electron chi connectivity index (χ2n) is 6.12. The zero-order chi connectivity index (χ0) is 18.4. The van der Waals surface area contributed by atoms with Crippen LogP contribution in [-0.2, 0) is 7.05 Å². The van der Waals surface area contributed by atoms with Crippen LogP contribution in [0.5, 0.6) is 5.75 Å². The number of benzene rings is 1. The molecule has 25 heavy (non-hydrogen) atoms. The number of ether oxygens (including phenoxy) is 1. The molecule has 6 heteroatoms. The number of carbonyl (C=O) groups excluding carboxylic acids is 1. The van der Waals surface area contributed by atoms with Gasteiger partial charge in [0.1, 0.15) is 11.4 Å². The number of aliphatic hydroxyl groups is 1. The Morgan fingerprint density at radius 3 is 2.64 bits per heavy atom. The van der Waals surface area contributed by atoms with E-state index in [1.807, 2.05) is 38.1 Å². The number of amides is 1. The van der Waals surface area contributed by atoms with Crippen molar-refractivity contribution in [2.75, 3.05) is 13.7 Å². The van der Waals surface area contributed by atoms with Crippen molar-refractivity contribution < 1.29 is 14.6 Å². The van der Waals surface area contributed by atoms with Crippen LogP contribution in [0.3, 0.4) is 0 Å². The number of nitrogens with zero attached hydrogens (tertiary/aromatic N) is 2. The Bertz CT molecular complexity index is 708. The lowest BCUT2D eigenvalue weighted by atomic mass is 9.96. The van der Waals surface area contributed by atoms with Gasteiger partial charge in [0.05, 0.1) is 18.8 Å². The highest BCUT2D eigenvalue weighted by Crippen LogP contribution is 2.30. The minimum atomic E-state index is -0.551. The number of methoxy groups -OCH3 is 1. The average Bonchev–Trinajstić information content (AvgIpc) is 3.02. The van der Waals surface area contributed by atoms with Crippen molar-refractivity contribution in [2.45, 2.75) is 32.8 Å². The highest BCUT2D eigenvalue weighted by molar-refractivity contribution is 6.00. The van der Waals surface area contributed by atoms with Gasteiger partial charge in [-0.15, -0.1) is 0 Å². The molecule has 0 bridgehead atoms. The molecule has 136 valence electrons. The number of nitrogens with one attached hydrogen (secondary N) is 1. The van der Waals surface area contributed by atoms with E-state index in [-0.39, 0.29) is 18.4 Å². The molecule has 1 amide bonds. The van der Waals surface area contributed by atoms with Crippen molar-refractivity contribution in [1.29, 1.82) is 0 Å². The maximum atomic E-state index is 12.6. The molecule has 1 unspecified atom stereocenters. The largest absolute Gasteiger partial charge is 0.496 e. The SMILES string of the molecule is CCC(CC)C(O)CNC(=O)c1cn(C)nc1-c1ccccc1OC. The summed E-state index contributed by atoms with van der Waals surface area (Å²) in [6.45, 7) is 4.31. The third-order valence-electron chi connectivity index (χ3n) is 4.50. The Morgan fingerprint density at radius 1 is 1.32 bits per heavy atom. The van der Waals surface area contributed by atoms with E-state index in [4.69, 9.17) is 4.74 Å². The molecule has 2 N–H and O–H groups in total. The zero-order valence-corrected chi connectivity index (χ0v) is 15.3. The van der Waals surface area contributed by atoms with E-state index in [9.17, 15) is 9.90 Å². The molecule has 1 atom stereocenters. The standard InChI is InChI=1S/C19H27N3O3/c1-5-13(6-2)16(23)11-20-19(24)15-12-22(3)21-18(15)14-9-7-8-10-17(14)25-4/h7-10,12-13,16,23H,5-6,11H2,1-4H3,(H,20,24). The van der Waals surface area contributed by atoms with E-state index in [2.05, 4.69) is 10.4 Å². The number of hydrogen-bond acceptors (Lipinski definition) is 4. The molecule has 6 nitrogen and oxygen atoms in total. The van der Waals surface area contributed by atoms with Gasteiger partial charge in [-0.2, -0.15) is 5.10 Å². The molecule has 0 aliphatic rings. The van der Waals surface area contributed by atoms with Gasteiger partial charge in [-0.05, 0) is 18.1 Å². The molecule has 0 saturated heterocycles. The second-order valence-corrected chi connectivity index (χ2v) is 6.12. The minimum Gasteiger partial charge on any atom is -0.496 e. The number of rotatable bonds is 8. The Hall–Kier alpha value is -2.34. The molecular weight excluding hydrogens is 318 g/mol. The van der Waals surface area contributed by atoms with Gasteiger partial charge in [0, 0.05) is 25.4 Å². The fourth-order valence-electron chi connectivity index (χ4n) is 2.99. The van der Waals surface area contributed by atoms with E-state index >= 15 is 0 Å². The predicted octanol–water partition coefficient (Wildman–Crippen LogP) is 2.62. The fraction of sp³-hybridized carbons (Fsp3) is 0.474. The number of carbonyl (C=O) groups is 1. The summed E-state index contributed by atoms with van der Waals surface area (Å²) in [6.07, 6.45) is 2.89. The molecular formula is C19H27N3O3. The van der Waals surface area contributed by atoms with Gasteiger partial charge >= 0.3 is 0 Å². The van der Waals surface area contributed by atoms with Crippen molar-refractivity contribution in [3.05, 3.63) is 36.0 Å². The highest BCUT2D eigenvalue weighted by atomic mass is 16.5. The Morgan fingerprint density at radius 2 is 2.00 bits per heavy atom. The van der Waals surface area contributed by atoms with Gasteiger partial charge in [-0.1, -0.05) is 38.8 Å². The molecule has 0 aliphatic heterocycles. The van der Waals surface area contributed by atoms with E-state index < -0.39 is 6.10 Å². The lowest BCUT2D eigenvalue weighted by Crippen LogP contribution is -2.36. The van der Waals surface area contributed by atoms with Crippen LogP contribution in [0.4, 0.5) is 0 Å². The third kappa shape index (κ3) is 4.39. The summed E-state index contributed by atoms with van der Waals surface area (Å²) in [4.78, 5) is 12.6. The Labute approximate surface area is 148 Å². The van der Waals surface area contributed by atoms with Crippen LogP contribution in [0, 0.1) is 5.92 Å². The molecule has 1 heterocycles. The topological polar surface area (TPSA) is 76.4 Å². The lowest BCUT2D eigenvalue weighted by molar-refractivity contribution is 0.0817. The monoisotopic (exact) mass is 345 g/mol. The van der Waals surface area contributed by atoms with Gasteiger partial charge in [0.15, 0.2) is 0 Å². The van der Waals surface area contributed by atoms with Crippen LogP contribution in [0.15, 0.2) is 30.5 Å². The summed E-state index contributed by atoms with van der Waals surface area (Å²) in [5, 5.41) is 17.5. The summed E-state index contributed by atoms with van der Waals surface area (Å²) < 4.78 is 6.99.